The summed E-state index contributed by atoms with van der Waals surface area (Å²) < 4.78 is 7.28. The van der Waals surface area contributed by atoms with Crippen molar-refractivity contribution in [3.8, 4) is 5.75 Å². The molecule has 0 saturated carbocycles. The predicted molar refractivity (Wildman–Crippen MR) is 120 cm³/mol. The van der Waals surface area contributed by atoms with E-state index in [1.807, 2.05) is 61.5 Å². The van der Waals surface area contributed by atoms with Gasteiger partial charge in [0.25, 0.3) is 0 Å². The van der Waals surface area contributed by atoms with Crippen molar-refractivity contribution >= 4 is 48.5 Å². The lowest BCUT2D eigenvalue weighted by molar-refractivity contribution is -0.118. The topological polar surface area (TPSA) is 45.7 Å². The number of aromatic nitrogens is 1. The SMILES string of the molecule is COc1ccc(CC(=O)N(CCCN(C)C)c2nc3ccc(Br)cc3s2)cc1. The number of amides is 1. The summed E-state index contributed by atoms with van der Waals surface area (Å²) in [7, 11) is 5.72. The first-order valence-electron chi connectivity index (χ1n) is 9.10. The molecule has 0 aliphatic rings. The Kier molecular flexibility index (Phi) is 7.04. The van der Waals surface area contributed by atoms with Crippen LogP contribution in [0.5, 0.6) is 5.75 Å². The van der Waals surface area contributed by atoms with Gasteiger partial charge in [-0.2, -0.15) is 0 Å². The lowest BCUT2D eigenvalue weighted by atomic mass is 10.1. The number of anilines is 1. The van der Waals surface area contributed by atoms with Gasteiger partial charge >= 0.3 is 0 Å². The van der Waals surface area contributed by atoms with Crippen molar-refractivity contribution in [2.24, 2.45) is 0 Å². The molecular formula is C21H24BrN3O2S. The van der Waals surface area contributed by atoms with E-state index in [-0.39, 0.29) is 5.91 Å². The van der Waals surface area contributed by atoms with Crippen LogP contribution in [0.15, 0.2) is 46.9 Å². The van der Waals surface area contributed by atoms with Gasteiger partial charge in [0, 0.05) is 11.0 Å². The second kappa shape index (κ2) is 9.49. The number of rotatable bonds is 8. The predicted octanol–water partition coefficient (Wildman–Crippen LogP) is 4.59. The van der Waals surface area contributed by atoms with E-state index in [9.17, 15) is 4.79 Å². The zero-order chi connectivity index (χ0) is 20.1. The lowest BCUT2D eigenvalue weighted by Crippen LogP contribution is -2.34. The Morgan fingerprint density at radius 3 is 2.57 bits per heavy atom. The standard InChI is InChI=1S/C21H24BrN3O2S/c1-24(2)11-4-12-25(20(26)13-15-5-8-17(27-3)9-6-15)21-23-18-10-7-16(22)14-19(18)28-21/h5-10,14H,4,11-13H2,1-3H3. The van der Waals surface area contributed by atoms with E-state index < -0.39 is 0 Å². The normalized spacial score (nSPS) is 11.2. The molecule has 0 aliphatic carbocycles. The quantitative estimate of drug-likeness (QED) is 0.491. The first-order chi connectivity index (χ1) is 13.5. The highest BCUT2D eigenvalue weighted by Crippen LogP contribution is 2.31. The maximum absolute atomic E-state index is 13.1. The third kappa shape index (κ3) is 5.31. The minimum Gasteiger partial charge on any atom is -0.497 e. The molecule has 3 rings (SSSR count). The molecule has 0 bridgehead atoms. The van der Waals surface area contributed by atoms with Crippen LogP contribution < -0.4 is 9.64 Å². The van der Waals surface area contributed by atoms with E-state index in [1.165, 1.54) is 0 Å². The highest BCUT2D eigenvalue weighted by Gasteiger charge is 2.20. The Hall–Kier alpha value is -1.96. The van der Waals surface area contributed by atoms with Crippen molar-refractivity contribution in [3.63, 3.8) is 0 Å². The van der Waals surface area contributed by atoms with Gasteiger partial charge in [-0.3, -0.25) is 9.69 Å². The summed E-state index contributed by atoms with van der Waals surface area (Å²) in [5, 5.41) is 0.755. The van der Waals surface area contributed by atoms with Crippen molar-refractivity contribution in [2.75, 3.05) is 39.2 Å². The highest BCUT2D eigenvalue weighted by atomic mass is 79.9. The van der Waals surface area contributed by atoms with Gasteiger partial charge < -0.3 is 9.64 Å². The summed E-state index contributed by atoms with van der Waals surface area (Å²) in [4.78, 5) is 21.8. The Morgan fingerprint density at radius 2 is 1.89 bits per heavy atom. The van der Waals surface area contributed by atoms with Gasteiger partial charge in [0.2, 0.25) is 5.91 Å². The van der Waals surface area contributed by atoms with E-state index >= 15 is 0 Å². The van der Waals surface area contributed by atoms with Gasteiger partial charge in [-0.25, -0.2) is 4.98 Å². The third-order valence-corrected chi connectivity index (χ3v) is 5.91. The van der Waals surface area contributed by atoms with Gasteiger partial charge in [-0.1, -0.05) is 39.4 Å². The van der Waals surface area contributed by atoms with Gasteiger partial charge in [-0.15, -0.1) is 0 Å². The molecule has 28 heavy (non-hydrogen) atoms. The number of carbonyl (C=O) groups excluding carboxylic acids is 1. The number of hydrogen-bond donors (Lipinski definition) is 0. The zero-order valence-electron chi connectivity index (χ0n) is 16.3. The minimum atomic E-state index is 0.0574. The van der Waals surface area contributed by atoms with E-state index in [1.54, 1.807) is 18.4 Å². The summed E-state index contributed by atoms with van der Waals surface area (Å²) in [6.07, 6.45) is 1.23. The molecule has 7 heteroatoms. The number of ether oxygens (including phenoxy) is 1. The Bertz CT molecular complexity index is 940. The van der Waals surface area contributed by atoms with Crippen LogP contribution in [-0.4, -0.2) is 50.1 Å². The number of benzene rings is 2. The molecule has 148 valence electrons. The number of methoxy groups -OCH3 is 1. The Labute approximate surface area is 178 Å². The third-order valence-electron chi connectivity index (χ3n) is 4.37. The Balaban J connectivity index is 1.82. The molecule has 5 nitrogen and oxygen atoms in total. The molecule has 3 aromatic rings. The Morgan fingerprint density at radius 1 is 1.14 bits per heavy atom. The van der Waals surface area contributed by atoms with Crippen LogP contribution in [0, 0.1) is 0 Å². The van der Waals surface area contributed by atoms with E-state index in [0.29, 0.717) is 13.0 Å². The van der Waals surface area contributed by atoms with E-state index in [4.69, 9.17) is 9.72 Å². The summed E-state index contributed by atoms with van der Waals surface area (Å²) >= 11 is 5.06. The molecular weight excluding hydrogens is 438 g/mol. The van der Waals surface area contributed by atoms with Crippen LogP contribution >= 0.6 is 27.3 Å². The molecule has 1 amide bonds. The van der Waals surface area contributed by atoms with Crippen molar-refractivity contribution in [3.05, 3.63) is 52.5 Å². The summed E-state index contributed by atoms with van der Waals surface area (Å²) in [5.74, 6) is 0.845. The van der Waals surface area contributed by atoms with Gasteiger partial charge in [0.1, 0.15) is 5.75 Å². The van der Waals surface area contributed by atoms with Gasteiger partial charge in [0.15, 0.2) is 5.13 Å². The minimum absolute atomic E-state index is 0.0574. The van der Waals surface area contributed by atoms with Gasteiger partial charge in [0.05, 0.1) is 23.7 Å². The van der Waals surface area contributed by atoms with Crippen molar-refractivity contribution in [1.82, 2.24) is 9.88 Å². The number of halogens is 1. The van der Waals surface area contributed by atoms with Gasteiger partial charge in [-0.05, 0) is 63.0 Å². The molecule has 0 saturated heterocycles. The fourth-order valence-electron chi connectivity index (χ4n) is 2.89. The molecule has 2 aromatic carbocycles. The van der Waals surface area contributed by atoms with E-state index in [2.05, 4.69) is 20.8 Å². The first kappa shape index (κ1) is 20.8. The summed E-state index contributed by atoms with van der Waals surface area (Å²) in [6.45, 7) is 1.57. The average Bonchev–Trinajstić information content (AvgIpc) is 3.08. The van der Waals surface area contributed by atoms with E-state index in [0.717, 1.165) is 44.1 Å². The molecule has 0 fully saturated rings. The molecule has 0 atom stereocenters. The van der Waals surface area contributed by atoms with Crippen LogP contribution in [0.1, 0.15) is 12.0 Å². The summed E-state index contributed by atoms with van der Waals surface area (Å²) in [6, 6.07) is 13.6. The highest BCUT2D eigenvalue weighted by molar-refractivity contribution is 9.10. The number of nitrogens with zero attached hydrogens (tertiary/aromatic N) is 3. The fourth-order valence-corrected chi connectivity index (χ4v) is 4.45. The molecule has 0 unspecified atom stereocenters. The summed E-state index contributed by atoms with van der Waals surface area (Å²) in [5.41, 5.74) is 1.88. The number of hydrogen-bond acceptors (Lipinski definition) is 5. The van der Waals surface area contributed by atoms with Crippen molar-refractivity contribution in [2.45, 2.75) is 12.8 Å². The van der Waals surface area contributed by atoms with Crippen LogP contribution in [-0.2, 0) is 11.2 Å². The number of fused-ring (bicyclic) bond motifs is 1. The maximum atomic E-state index is 13.1. The molecule has 0 aliphatic heterocycles. The zero-order valence-corrected chi connectivity index (χ0v) is 18.7. The lowest BCUT2D eigenvalue weighted by Gasteiger charge is -2.21. The second-order valence-corrected chi connectivity index (χ2v) is 8.76. The first-order valence-corrected chi connectivity index (χ1v) is 10.7. The van der Waals surface area contributed by atoms with Crippen LogP contribution in [0.3, 0.4) is 0 Å². The second-order valence-electron chi connectivity index (χ2n) is 6.84. The molecule has 1 aromatic heterocycles. The fraction of sp³-hybridized carbons (Fsp3) is 0.333. The number of carbonyl (C=O) groups is 1. The van der Waals surface area contributed by atoms with Crippen LogP contribution in [0.4, 0.5) is 5.13 Å². The number of thiazole rings is 1. The molecule has 0 radical (unpaired) electrons. The molecule has 0 spiro atoms. The maximum Gasteiger partial charge on any atom is 0.233 e. The molecule has 1 heterocycles. The van der Waals surface area contributed by atoms with Crippen LogP contribution in [0.2, 0.25) is 0 Å². The average molecular weight is 462 g/mol. The monoisotopic (exact) mass is 461 g/mol. The van der Waals surface area contributed by atoms with Crippen molar-refractivity contribution < 1.29 is 9.53 Å². The van der Waals surface area contributed by atoms with Crippen LogP contribution in [0.25, 0.3) is 10.2 Å². The molecule has 0 N–H and O–H groups in total. The largest absolute Gasteiger partial charge is 0.497 e. The van der Waals surface area contributed by atoms with Crippen molar-refractivity contribution in [1.29, 1.82) is 0 Å². The smallest absolute Gasteiger partial charge is 0.233 e.